The first kappa shape index (κ1) is 13.0. The zero-order chi connectivity index (χ0) is 12.3. The smallest absolute Gasteiger partial charge is 0.0441 e. The van der Waals surface area contributed by atoms with Crippen LogP contribution in [0.5, 0.6) is 0 Å². The molecule has 17 heavy (non-hydrogen) atoms. The molecule has 0 bridgehead atoms. The minimum absolute atomic E-state index is 0.572. The first-order chi connectivity index (χ1) is 8.17. The number of hydrogen-bond acceptors (Lipinski definition) is 1. The van der Waals surface area contributed by atoms with E-state index in [0.29, 0.717) is 16.1 Å². The average Bonchev–Trinajstić information content (AvgIpc) is 2.28. The van der Waals surface area contributed by atoms with Gasteiger partial charge in [-0.1, -0.05) is 49.4 Å². The van der Waals surface area contributed by atoms with Gasteiger partial charge in [0.2, 0.25) is 0 Å². The van der Waals surface area contributed by atoms with E-state index in [-0.39, 0.29) is 0 Å². The Kier molecular flexibility index (Phi) is 4.58. The van der Waals surface area contributed by atoms with Crippen molar-refractivity contribution in [3.63, 3.8) is 0 Å². The molecule has 2 atom stereocenters. The minimum atomic E-state index is 0.572. The fourth-order valence-corrected chi connectivity index (χ4v) is 3.19. The molecule has 0 aliphatic heterocycles. The minimum Gasteiger partial charge on any atom is -0.382 e. The molecule has 1 fully saturated rings. The molecule has 94 valence electrons. The van der Waals surface area contributed by atoms with Crippen LogP contribution in [0.15, 0.2) is 18.2 Å². The predicted octanol–water partition coefficient (Wildman–Crippen LogP) is 5.37. The Balaban J connectivity index is 2.00. The topological polar surface area (TPSA) is 12.0 Å². The van der Waals surface area contributed by atoms with E-state index in [2.05, 4.69) is 12.2 Å². The quantitative estimate of drug-likeness (QED) is 0.779. The summed E-state index contributed by atoms with van der Waals surface area (Å²) in [5.74, 6) is 0.871. The largest absolute Gasteiger partial charge is 0.382 e. The van der Waals surface area contributed by atoms with Crippen molar-refractivity contribution in [1.29, 1.82) is 0 Å². The number of nitrogens with one attached hydrogen (secondary N) is 1. The Labute approximate surface area is 114 Å². The van der Waals surface area contributed by atoms with E-state index >= 15 is 0 Å². The van der Waals surface area contributed by atoms with Gasteiger partial charge in [0.15, 0.2) is 0 Å². The van der Waals surface area contributed by atoms with Gasteiger partial charge in [0, 0.05) is 21.8 Å². The molecule has 0 aromatic heterocycles. The lowest BCUT2D eigenvalue weighted by Crippen LogP contribution is -2.27. The van der Waals surface area contributed by atoms with Crippen LogP contribution in [0, 0.1) is 5.92 Å². The third kappa shape index (κ3) is 3.79. The van der Waals surface area contributed by atoms with Crippen molar-refractivity contribution in [2.24, 2.45) is 5.92 Å². The summed E-state index contributed by atoms with van der Waals surface area (Å²) in [4.78, 5) is 0. The van der Waals surface area contributed by atoms with Gasteiger partial charge in [-0.15, -0.1) is 0 Å². The molecule has 3 heteroatoms. The zero-order valence-electron chi connectivity index (χ0n) is 10.2. The Hall–Kier alpha value is -0.400. The van der Waals surface area contributed by atoms with Gasteiger partial charge in [-0.05, 0) is 37.0 Å². The van der Waals surface area contributed by atoms with Gasteiger partial charge >= 0.3 is 0 Å². The number of rotatable bonds is 3. The summed E-state index contributed by atoms with van der Waals surface area (Å²) in [6.07, 6.45) is 6.51. The lowest BCUT2D eigenvalue weighted by Gasteiger charge is -2.30. The molecule has 0 spiro atoms. The second kappa shape index (κ2) is 5.97. The molecular formula is C14H19Cl2N. The molecule has 1 saturated carbocycles. The summed E-state index contributed by atoms with van der Waals surface area (Å²) >= 11 is 12.0. The van der Waals surface area contributed by atoms with Crippen molar-refractivity contribution in [1.82, 2.24) is 0 Å². The van der Waals surface area contributed by atoms with Crippen LogP contribution in [-0.4, -0.2) is 6.04 Å². The van der Waals surface area contributed by atoms with E-state index in [1.165, 1.54) is 32.1 Å². The van der Waals surface area contributed by atoms with Crippen LogP contribution in [-0.2, 0) is 0 Å². The van der Waals surface area contributed by atoms with Crippen molar-refractivity contribution in [3.8, 4) is 0 Å². The standard InChI is InChI=1S/C14H19Cl2N/c1-2-10-4-3-5-13(6-10)17-14-8-11(15)7-12(16)9-14/h7-10,13,17H,2-6H2,1H3. The SMILES string of the molecule is CCC1CCCC(Nc2cc(Cl)cc(Cl)c2)C1. The van der Waals surface area contributed by atoms with E-state index in [9.17, 15) is 0 Å². The van der Waals surface area contributed by atoms with Crippen molar-refractivity contribution in [2.75, 3.05) is 5.32 Å². The highest BCUT2D eigenvalue weighted by Crippen LogP contribution is 2.30. The van der Waals surface area contributed by atoms with E-state index in [4.69, 9.17) is 23.2 Å². The van der Waals surface area contributed by atoms with E-state index < -0.39 is 0 Å². The normalized spacial score (nSPS) is 24.6. The van der Waals surface area contributed by atoms with Crippen molar-refractivity contribution in [2.45, 2.75) is 45.1 Å². The lowest BCUT2D eigenvalue weighted by atomic mass is 9.84. The fourth-order valence-electron chi connectivity index (χ4n) is 2.67. The highest BCUT2D eigenvalue weighted by molar-refractivity contribution is 6.35. The Morgan fingerprint density at radius 2 is 1.88 bits per heavy atom. The third-order valence-electron chi connectivity index (χ3n) is 3.59. The Morgan fingerprint density at radius 3 is 2.53 bits per heavy atom. The molecule has 0 amide bonds. The molecule has 0 saturated heterocycles. The second-order valence-corrected chi connectivity index (χ2v) is 5.81. The maximum atomic E-state index is 6.00. The average molecular weight is 272 g/mol. The van der Waals surface area contributed by atoms with Crippen LogP contribution in [0.1, 0.15) is 39.0 Å². The molecule has 0 heterocycles. The van der Waals surface area contributed by atoms with Gasteiger partial charge in [0.25, 0.3) is 0 Å². The predicted molar refractivity (Wildman–Crippen MR) is 76.1 cm³/mol. The van der Waals surface area contributed by atoms with Gasteiger partial charge in [0.1, 0.15) is 0 Å². The van der Waals surface area contributed by atoms with Crippen molar-refractivity contribution >= 4 is 28.9 Å². The van der Waals surface area contributed by atoms with Gasteiger partial charge in [-0.25, -0.2) is 0 Å². The molecule has 1 aliphatic rings. The molecular weight excluding hydrogens is 253 g/mol. The highest BCUT2D eigenvalue weighted by atomic mass is 35.5. The summed E-state index contributed by atoms with van der Waals surface area (Å²) < 4.78 is 0. The van der Waals surface area contributed by atoms with E-state index in [0.717, 1.165) is 11.6 Å². The fraction of sp³-hybridized carbons (Fsp3) is 0.571. The van der Waals surface area contributed by atoms with Gasteiger partial charge < -0.3 is 5.32 Å². The summed E-state index contributed by atoms with van der Waals surface area (Å²) in [5, 5.41) is 4.95. The third-order valence-corrected chi connectivity index (χ3v) is 4.03. The monoisotopic (exact) mass is 271 g/mol. The molecule has 1 aliphatic carbocycles. The molecule has 2 rings (SSSR count). The van der Waals surface area contributed by atoms with Gasteiger partial charge in [-0.2, -0.15) is 0 Å². The zero-order valence-corrected chi connectivity index (χ0v) is 11.7. The number of halogens is 2. The van der Waals surface area contributed by atoms with Crippen LogP contribution in [0.3, 0.4) is 0 Å². The summed E-state index contributed by atoms with van der Waals surface area (Å²) in [5.41, 5.74) is 1.05. The van der Waals surface area contributed by atoms with Crippen molar-refractivity contribution < 1.29 is 0 Å². The highest BCUT2D eigenvalue weighted by Gasteiger charge is 2.20. The van der Waals surface area contributed by atoms with Crippen molar-refractivity contribution in [3.05, 3.63) is 28.2 Å². The summed E-state index contributed by atoms with van der Waals surface area (Å²) in [7, 11) is 0. The number of benzene rings is 1. The second-order valence-electron chi connectivity index (χ2n) is 4.94. The Morgan fingerprint density at radius 1 is 1.18 bits per heavy atom. The Bertz CT molecular complexity index is 358. The first-order valence-corrected chi connectivity index (χ1v) is 7.15. The molecule has 1 aromatic carbocycles. The van der Waals surface area contributed by atoms with Crippen LogP contribution in [0.25, 0.3) is 0 Å². The molecule has 1 nitrogen and oxygen atoms in total. The van der Waals surface area contributed by atoms with Crippen LogP contribution in [0.2, 0.25) is 10.0 Å². The van der Waals surface area contributed by atoms with Crippen LogP contribution in [0.4, 0.5) is 5.69 Å². The molecule has 1 N–H and O–H groups in total. The van der Waals surface area contributed by atoms with Crippen LogP contribution < -0.4 is 5.32 Å². The molecule has 2 unspecified atom stereocenters. The molecule has 0 radical (unpaired) electrons. The van der Waals surface area contributed by atoms with E-state index in [1.54, 1.807) is 6.07 Å². The summed E-state index contributed by atoms with van der Waals surface area (Å²) in [6, 6.07) is 6.24. The maximum absolute atomic E-state index is 6.00. The first-order valence-electron chi connectivity index (χ1n) is 6.40. The summed E-state index contributed by atoms with van der Waals surface area (Å²) in [6.45, 7) is 2.28. The lowest BCUT2D eigenvalue weighted by molar-refractivity contribution is 0.327. The van der Waals surface area contributed by atoms with Gasteiger partial charge in [-0.3, -0.25) is 0 Å². The van der Waals surface area contributed by atoms with Gasteiger partial charge in [0.05, 0.1) is 0 Å². The maximum Gasteiger partial charge on any atom is 0.0441 e. The van der Waals surface area contributed by atoms with Crippen LogP contribution >= 0.6 is 23.2 Å². The number of hydrogen-bond donors (Lipinski definition) is 1. The molecule has 1 aromatic rings. The van der Waals surface area contributed by atoms with E-state index in [1.807, 2.05) is 12.1 Å². The number of anilines is 1.